The van der Waals surface area contributed by atoms with Gasteiger partial charge in [0.05, 0.1) is 16.7 Å². The fourth-order valence-electron chi connectivity index (χ4n) is 2.95. The van der Waals surface area contributed by atoms with Gasteiger partial charge in [-0.2, -0.15) is 0 Å². The van der Waals surface area contributed by atoms with Crippen LogP contribution in [0.1, 0.15) is 10.4 Å². The first-order valence-corrected chi connectivity index (χ1v) is 9.43. The summed E-state index contributed by atoms with van der Waals surface area (Å²) in [6, 6.07) is 14.4. The van der Waals surface area contributed by atoms with Crippen molar-refractivity contribution in [3.8, 4) is 0 Å². The Kier molecular flexibility index (Phi) is 4.68. The fourth-order valence-corrected chi connectivity index (χ4v) is 3.82. The number of halogens is 2. The summed E-state index contributed by atoms with van der Waals surface area (Å²) in [6.07, 6.45) is 0. The molecule has 0 aliphatic rings. The number of nitrogens with zero attached hydrogens (tertiary/aromatic N) is 2. The molecule has 140 valence electrons. The van der Waals surface area contributed by atoms with Crippen LogP contribution in [0.4, 0.5) is 8.78 Å². The van der Waals surface area contributed by atoms with Crippen molar-refractivity contribution < 1.29 is 13.6 Å². The summed E-state index contributed by atoms with van der Waals surface area (Å²) in [4.78, 5) is 29.5. The van der Waals surface area contributed by atoms with Crippen LogP contribution in [-0.2, 0) is 7.05 Å². The summed E-state index contributed by atoms with van der Waals surface area (Å²) in [7, 11) is 1.59. The number of ketones is 1. The molecule has 3 aromatic carbocycles. The normalized spacial score (nSPS) is 11.2. The lowest BCUT2D eigenvalue weighted by Crippen LogP contribution is -2.20. The van der Waals surface area contributed by atoms with E-state index in [-0.39, 0.29) is 22.7 Å². The molecule has 0 amide bonds. The minimum absolute atomic E-state index is 0.0512. The first kappa shape index (κ1) is 18.3. The second kappa shape index (κ2) is 7.16. The second-order valence-corrected chi connectivity index (χ2v) is 7.26. The van der Waals surface area contributed by atoms with Gasteiger partial charge in [0.2, 0.25) is 0 Å². The molecule has 7 heteroatoms. The monoisotopic (exact) mass is 396 g/mol. The summed E-state index contributed by atoms with van der Waals surface area (Å²) < 4.78 is 27.7. The van der Waals surface area contributed by atoms with E-state index in [1.54, 1.807) is 13.1 Å². The summed E-state index contributed by atoms with van der Waals surface area (Å²) >= 11 is 1.08. The molecule has 4 nitrogen and oxygen atoms in total. The first-order valence-electron chi connectivity index (χ1n) is 8.44. The van der Waals surface area contributed by atoms with E-state index in [0.717, 1.165) is 34.7 Å². The Morgan fingerprint density at radius 2 is 1.75 bits per heavy atom. The first-order chi connectivity index (χ1) is 13.4. The highest BCUT2D eigenvalue weighted by molar-refractivity contribution is 7.99. The number of fused-ring (bicyclic) bond motifs is 2. The lowest BCUT2D eigenvalue weighted by molar-refractivity contribution is 0.102. The van der Waals surface area contributed by atoms with Gasteiger partial charge in [-0.15, -0.1) is 0 Å². The van der Waals surface area contributed by atoms with Crippen LogP contribution in [-0.4, -0.2) is 21.1 Å². The Morgan fingerprint density at radius 1 is 1.04 bits per heavy atom. The highest BCUT2D eigenvalue weighted by Crippen LogP contribution is 2.23. The maximum absolute atomic E-state index is 13.3. The summed E-state index contributed by atoms with van der Waals surface area (Å²) in [6.45, 7) is 0. The van der Waals surface area contributed by atoms with Gasteiger partial charge in [0.25, 0.3) is 5.56 Å². The van der Waals surface area contributed by atoms with E-state index in [4.69, 9.17) is 0 Å². The predicted octanol–water partition coefficient (Wildman–Crippen LogP) is 4.34. The fraction of sp³-hybridized carbons (Fsp3) is 0.0952. The number of rotatable bonds is 4. The van der Waals surface area contributed by atoms with Gasteiger partial charge in [-0.1, -0.05) is 36.0 Å². The van der Waals surface area contributed by atoms with Gasteiger partial charge in [0.15, 0.2) is 22.6 Å². The van der Waals surface area contributed by atoms with Crippen molar-refractivity contribution in [1.82, 2.24) is 9.55 Å². The smallest absolute Gasteiger partial charge is 0.261 e. The van der Waals surface area contributed by atoms with Crippen molar-refractivity contribution in [2.45, 2.75) is 5.16 Å². The zero-order valence-corrected chi connectivity index (χ0v) is 15.6. The van der Waals surface area contributed by atoms with E-state index >= 15 is 0 Å². The third-order valence-corrected chi connectivity index (χ3v) is 5.51. The van der Waals surface area contributed by atoms with Crippen molar-refractivity contribution in [1.29, 1.82) is 0 Å². The minimum Gasteiger partial charge on any atom is -0.293 e. The van der Waals surface area contributed by atoms with Gasteiger partial charge in [0, 0.05) is 12.6 Å². The van der Waals surface area contributed by atoms with Crippen LogP contribution in [0.3, 0.4) is 0 Å². The third kappa shape index (κ3) is 3.29. The molecule has 0 N–H and O–H groups in total. The lowest BCUT2D eigenvalue weighted by atomic mass is 10.1. The maximum Gasteiger partial charge on any atom is 0.261 e. The number of hydrogen-bond acceptors (Lipinski definition) is 4. The Hall–Kier alpha value is -3.06. The molecule has 0 fully saturated rings. The number of thioether (sulfide) groups is 1. The van der Waals surface area contributed by atoms with Gasteiger partial charge < -0.3 is 0 Å². The van der Waals surface area contributed by atoms with Gasteiger partial charge in [-0.05, 0) is 41.1 Å². The van der Waals surface area contributed by atoms with Crippen LogP contribution in [0.25, 0.3) is 21.7 Å². The number of hydrogen-bond donors (Lipinski definition) is 0. The minimum atomic E-state index is -1.07. The van der Waals surface area contributed by atoms with E-state index < -0.39 is 11.6 Å². The molecular formula is C21H14F2N2O2S. The molecule has 0 aliphatic heterocycles. The van der Waals surface area contributed by atoms with Crippen LogP contribution in [0.2, 0.25) is 0 Å². The Labute approximate surface area is 162 Å². The van der Waals surface area contributed by atoms with Crippen LogP contribution in [0.5, 0.6) is 0 Å². The molecular weight excluding hydrogens is 382 g/mol. The highest BCUT2D eigenvalue weighted by Gasteiger charge is 2.14. The van der Waals surface area contributed by atoms with Crippen molar-refractivity contribution in [2.75, 3.05) is 5.75 Å². The van der Waals surface area contributed by atoms with Crippen molar-refractivity contribution in [2.24, 2.45) is 7.05 Å². The summed E-state index contributed by atoms with van der Waals surface area (Å²) in [5.41, 5.74) is 0.409. The Morgan fingerprint density at radius 3 is 2.46 bits per heavy atom. The zero-order chi connectivity index (χ0) is 19.8. The standard InChI is InChI=1S/C21H14F2N2O2S/c1-25-20(27)15-8-12-4-2-3-5-13(12)10-18(15)24-21(25)28-11-19(26)14-6-7-16(22)17(23)9-14/h2-10H,11H2,1H3. The lowest BCUT2D eigenvalue weighted by Gasteiger charge is -2.09. The molecule has 1 aromatic heterocycles. The Bertz CT molecular complexity index is 1300. The van der Waals surface area contributed by atoms with Crippen molar-refractivity contribution >= 4 is 39.2 Å². The SMILES string of the molecule is Cn1c(SCC(=O)c2ccc(F)c(F)c2)nc2cc3ccccc3cc2c1=O. The van der Waals surface area contributed by atoms with E-state index in [2.05, 4.69) is 4.98 Å². The number of carbonyl (C=O) groups excluding carboxylic acids is 1. The molecule has 4 aromatic rings. The summed E-state index contributed by atoms with van der Waals surface area (Å²) in [5.74, 6) is -2.50. The predicted molar refractivity (Wildman–Crippen MR) is 106 cm³/mol. The molecule has 0 unspecified atom stereocenters. The molecule has 0 saturated heterocycles. The van der Waals surface area contributed by atoms with E-state index in [0.29, 0.717) is 16.1 Å². The third-order valence-electron chi connectivity index (χ3n) is 4.48. The van der Waals surface area contributed by atoms with Crippen LogP contribution >= 0.6 is 11.8 Å². The van der Waals surface area contributed by atoms with E-state index in [1.165, 1.54) is 10.6 Å². The van der Waals surface area contributed by atoms with Gasteiger partial charge in [-0.3, -0.25) is 14.2 Å². The topological polar surface area (TPSA) is 52.0 Å². The molecule has 0 atom stereocenters. The van der Waals surface area contributed by atoms with E-state index in [9.17, 15) is 18.4 Å². The number of benzene rings is 3. The zero-order valence-electron chi connectivity index (χ0n) is 14.8. The van der Waals surface area contributed by atoms with Crippen molar-refractivity contribution in [3.63, 3.8) is 0 Å². The molecule has 4 rings (SSSR count). The van der Waals surface area contributed by atoms with Crippen LogP contribution in [0, 0.1) is 11.6 Å². The average Bonchev–Trinajstić information content (AvgIpc) is 2.70. The number of aromatic nitrogens is 2. The van der Waals surface area contributed by atoms with E-state index in [1.807, 2.05) is 30.3 Å². The molecule has 28 heavy (non-hydrogen) atoms. The number of carbonyl (C=O) groups is 1. The second-order valence-electron chi connectivity index (χ2n) is 6.32. The molecule has 1 heterocycles. The van der Waals surface area contributed by atoms with Gasteiger partial charge in [-0.25, -0.2) is 13.8 Å². The summed E-state index contributed by atoms with van der Waals surface area (Å²) in [5, 5.41) is 2.79. The number of Topliss-reactive ketones (excluding diaryl/α,β-unsaturated/α-hetero) is 1. The molecule has 0 radical (unpaired) electrons. The van der Waals surface area contributed by atoms with Crippen LogP contribution in [0.15, 0.2) is 64.5 Å². The Balaban J connectivity index is 1.67. The quantitative estimate of drug-likeness (QED) is 0.223. The highest BCUT2D eigenvalue weighted by atomic mass is 32.2. The molecule has 0 bridgehead atoms. The average molecular weight is 396 g/mol. The van der Waals surface area contributed by atoms with Gasteiger partial charge >= 0.3 is 0 Å². The maximum atomic E-state index is 13.3. The molecule has 0 spiro atoms. The van der Waals surface area contributed by atoms with Crippen LogP contribution < -0.4 is 5.56 Å². The van der Waals surface area contributed by atoms with Crippen molar-refractivity contribution in [3.05, 3.63) is 82.1 Å². The molecule has 0 saturated carbocycles. The molecule has 0 aliphatic carbocycles. The largest absolute Gasteiger partial charge is 0.293 e. The van der Waals surface area contributed by atoms with Gasteiger partial charge in [0.1, 0.15) is 0 Å².